The Morgan fingerprint density at radius 1 is 1.55 bits per heavy atom. The molecule has 0 unspecified atom stereocenters. The number of fused-ring (bicyclic) bond motifs is 1. The molecule has 0 saturated carbocycles. The maximum Gasteiger partial charge on any atom is 0.130 e. The molecule has 2 aromatic heterocycles. The highest BCUT2D eigenvalue weighted by Crippen LogP contribution is 2.10. The van der Waals surface area contributed by atoms with E-state index in [0.29, 0.717) is 6.04 Å². The van der Waals surface area contributed by atoms with Gasteiger partial charge in [0, 0.05) is 6.04 Å². The molecule has 1 N–H and O–H groups in total. The summed E-state index contributed by atoms with van der Waals surface area (Å²) in [6.07, 6.45) is 3.70. The molecule has 0 saturated heterocycles. The fourth-order valence-corrected chi connectivity index (χ4v) is 1.01. The predicted molar refractivity (Wildman–Crippen MR) is 42.3 cm³/mol. The molecule has 58 valence electrons. The summed E-state index contributed by atoms with van der Waals surface area (Å²) in [6, 6.07) is 0.413. The Bertz CT molecular complexity index is 329. The van der Waals surface area contributed by atoms with E-state index >= 15 is 0 Å². The number of rotatable bonds is 1. The van der Waals surface area contributed by atoms with Crippen LogP contribution in [0.4, 0.5) is 0 Å². The summed E-state index contributed by atoms with van der Waals surface area (Å²) in [7, 11) is 0. The topological polar surface area (TPSA) is 46.5 Å². The molecule has 0 aliphatic carbocycles. The van der Waals surface area contributed by atoms with Crippen LogP contribution in [0.15, 0.2) is 12.4 Å². The molecule has 0 fully saturated rings. The molecule has 11 heavy (non-hydrogen) atoms. The second kappa shape index (κ2) is 2.08. The quantitative estimate of drug-likeness (QED) is 0.666. The lowest BCUT2D eigenvalue weighted by atomic mass is 10.4. The fraction of sp³-hybridized carbons (Fsp3) is 0.429. The number of H-pyrrole nitrogens is 1. The number of hydrogen-bond acceptors (Lipinski definition) is 2. The molecular weight excluding hydrogens is 140 g/mol. The molecule has 0 aliphatic rings. The maximum absolute atomic E-state index is 4.30. The molecule has 0 amide bonds. The van der Waals surface area contributed by atoms with Crippen LogP contribution < -0.4 is 0 Å². The van der Waals surface area contributed by atoms with E-state index in [4.69, 9.17) is 0 Å². The summed E-state index contributed by atoms with van der Waals surface area (Å²) >= 11 is 0. The van der Waals surface area contributed by atoms with Crippen LogP contribution in [0.25, 0.3) is 11.0 Å². The molecule has 0 aromatic carbocycles. The van der Waals surface area contributed by atoms with E-state index in [1.807, 2.05) is 10.9 Å². The van der Waals surface area contributed by atoms with Crippen molar-refractivity contribution in [3.63, 3.8) is 0 Å². The van der Waals surface area contributed by atoms with Crippen molar-refractivity contribution in [2.45, 2.75) is 19.9 Å². The van der Waals surface area contributed by atoms with E-state index in [-0.39, 0.29) is 0 Å². The second-order valence-corrected chi connectivity index (χ2v) is 2.87. The van der Waals surface area contributed by atoms with E-state index in [1.165, 1.54) is 0 Å². The van der Waals surface area contributed by atoms with Crippen LogP contribution in [0.2, 0.25) is 0 Å². The van der Waals surface area contributed by atoms with E-state index in [1.54, 1.807) is 6.20 Å². The lowest BCUT2D eigenvalue weighted by Gasteiger charge is -2.02. The molecule has 2 heterocycles. The zero-order valence-electron chi connectivity index (χ0n) is 6.57. The van der Waals surface area contributed by atoms with Gasteiger partial charge >= 0.3 is 0 Å². The van der Waals surface area contributed by atoms with Crippen molar-refractivity contribution >= 4 is 11.0 Å². The number of aromatic amines is 1. The monoisotopic (exact) mass is 150 g/mol. The van der Waals surface area contributed by atoms with Gasteiger partial charge in [-0.05, 0) is 13.8 Å². The number of hydrogen-bond donors (Lipinski definition) is 1. The van der Waals surface area contributed by atoms with Gasteiger partial charge in [0.2, 0.25) is 0 Å². The van der Waals surface area contributed by atoms with Gasteiger partial charge < -0.3 is 0 Å². The highest BCUT2D eigenvalue weighted by atomic mass is 15.3. The molecular formula is C7H10N4. The third-order valence-corrected chi connectivity index (χ3v) is 1.66. The summed E-state index contributed by atoms with van der Waals surface area (Å²) < 4.78 is 1.92. The first-order valence-electron chi connectivity index (χ1n) is 3.65. The van der Waals surface area contributed by atoms with Crippen molar-refractivity contribution in [3.05, 3.63) is 12.4 Å². The largest absolute Gasteiger partial charge is 0.275 e. The highest BCUT2D eigenvalue weighted by molar-refractivity contribution is 5.72. The smallest absolute Gasteiger partial charge is 0.130 e. The lowest BCUT2D eigenvalue weighted by molar-refractivity contribution is 0.537. The minimum atomic E-state index is 0.413. The van der Waals surface area contributed by atoms with Crippen molar-refractivity contribution in [1.29, 1.82) is 0 Å². The van der Waals surface area contributed by atoms with Crippen LogP contribution >= 0.6 is 0 Å². The van der Waals surface area contributed by atoms with Gasteiger partial charge in [-0.25, -0.2) is 0 Å². The van der Waals surface area contributed by atoms with Gasteiger partial charge in [-0.1, -0.05) is 0 Å². The number of nitrogens with one attached hydrogen (secondary N) is 1. The van der Waals surface area contributed by atoms with Crippen LogP contribution in [0.1, 0.15) is 19.9 Å². The van der Waals surface area contributed by atoms with Crippen molar-refractivity contribution < 1.29 is 0 Å². The Morgan fingerprint density at radius 2 is 2.36 bits per heavy atom. The minimum Gasteiger partial charge on any atom is -0.275 e. The summed E-state index contributed by atoms with van der Waals surface area (Å²) in [6.45, 7) is 4.19. The Balaban J connectivity index is 2.58. The van der Waals surface area contributed by atoms with E-state index in [2.05, 4.69) is 29.1 Å². The Hall–Kier alpha value is -1.32. The first kappa shape index (κ1) is 6.39. The zero-order valence-corrected chi connectivity index (χ0v) is 6.57. The van der Waals surface area contributed by atoms with Crippen LogP contribution in [0, 0.1) is 0 Å². The highest BCUT2D eigenvalue weighted by Gasteiger charge is 2.03. The van der Waals surface area contributed by atoms with E-state index < -0.39 is 0 Å². The van der Waals surface area contributed by atoms with Gasteiger partial charge in [-0.15, -0.1) is 0 Å². The van der Waals surface area contributed by atoms with Crippen LogP contribution in [0.5, 0.6) is 0 Å². The molecule has 0 atom stereocenters. The first-order chi connectivity index (χ1) is 5.27. The molecule has 2 rings (SSSR count). The average molecular weight is 150 g/mol. The van der Waals surface area contributed by atoms with Crippen LogP contribution in [0.3, 0.4) is 0 Å². The van der Waals surface area contributed by atoms with Gasteiger partial charge in [0.05, 0.1) is 12.4 Å². The fourth-order valence-electron chi connectivity index (χ4n) is 1.01. The van der Waals surface area contributed by atoms with Gasteiger partial charge in [0.1, 0.15) is 11.0 Å². The molecule has 0 spiro atoms. The normalized spacial score (nSPS) is 11.5. The van der Waals surface area contributed by atoms with Crippen molar-refractivity contribution in [2.75, 3.05) is 0 Å². The molecule has 2 aromatic rings. The van der Waals surface area contributed by atoms with Crippen LogP contribution in [-0.4, -0.2) is 20.0 Å². The van der Waals surface area contributed by atoms with E-state index in [0.717, 1.165) is 11.0 Å². The van der Waals surface area contributed by atoms with Gasteiger partial charge in [0.15, 0.2) is 0 Å². The minimum absolute atomic E-state index is 0.413. The Morgan fingerprint density at radius 3 is 3.00 bits per heavy atom. The summed E-state index contributed by atoms with van der Waals surface area (Å²) in [4.78, 5) is 0. The second-order valence-electron chi connectivity index (χ2n) is 2.87. The van der Waals surface area contributed by atoms with Gasteiger partial charge in [-0.3, -0.25) is 9.78 Å². The van der Waals surface area contributed by atoms with Gasteiger partial charge in [-0.2, -0.15) is 10.2 Å². The van der Waals surface area contributed by atoms with Crippen LogP contribution in [-0.2, 0) is 0 Å². The SMILES string of the molecule is CC(C)n1cc2[nH]ncc2n1. The van der Waals surface area contributed by atoms with E-state index in [9.17, 15) is 0 Å². The summed E-state index contributed by atoms with van der Waals surface area (Å²) in [5.41, 5.74) is 1.93. The third-order valence-electron chi connectivity index (χ3n) is 1.66. The first-order valence-corrected chi connectivity index (χ1v) is 3.65. The Labute approximate surface area is 64.2 Å². The molecule has 0 aliphatic heterocycles. The Kier molecular flexibility index (Phi) is 1.21. The standard InChI is InChI=1S/C7H10N4/c1-5(2)11-4-7-6(10-11)3-8-9-7/h3-5,9H,1-2H3. The third kappa shape index (κ3) is 0.906. The maximum atomic E-state index is 4.30. The van der Waals surface area contributed by atoms with Crippen molar-refractivity contribution in [3.8, 4) is 0 Å². The average Bonchev–Trinajstić information content (AvgIpc) is 2.40. The van der Waals surface area contributed by atoms with Crippen molar-refractivity contribution in [1.82, 2.24) is 20.0 Å². The zero-order chi connectivity index (χ0) is 7.84. The molecule has 4 heteroatoms. The summed E-state index contributed by atoms with van der Waals surface area (Å²) in [5, 5.41) is 11.0. The van der Waals surface area contributed by atoms with Gasteiger partial charge in [0.25, 0.3) is 0 Å². The predicted octanol–water partition coefficient (Wildman–Crippen LogP) is 1.34. The number of aromatic nitrogens is 4. The number of nitrogens with zero attached hydrogens (tertiary/aromatic N) is 3. The molecule has 4 nitrogen and oxygen atoms in total. The molecule has 0 radical (unpaired) electrons. The van der Waals surface area contributed by atoms with Crippen molar-refractivity contribution in [2.24, 2.45) is 0 Å². The molecule has 0 bridgehead atoms. The summed E-state index contributed by atoms with van der Waals surface area (Å²) in [5.74, 6) is 0. The lowest BCUT2D eigenvalue weighted by Crippen LogP contribution is -2.00.